The van der Waals surface area contributed by atoms with Crippen molar-refractivity contribution in [2.75, 3.05) is 6.61 Å². The van der Waals surface area contributed by atoms with Gasteiger partial charge in [0, 0.05) is 12.6 Å². The predicted molar refractivity (Wildman–Crippen MR) is 66.6 cm³/mol. The lowest BCUT2D eigenvalue weighted by molar-refractivity contribution is -0.124. The van der Waals surface area contributed by atoms with Gasteiger partial charge in [-0.2, -0.15) is 0 Å². The smallest absolute Gasteiger partial charge is 0.236 e. The molecule has 1 heterocycles. The summed E-state index contributed by atoms with van der Waals surface area (Å²) in [5.41, 5.74) is 5.50. The number of amides is 1. The Morgan fingerprint density at radius 2 is 2.06 bits per heavy atom. The molecule has 3 N–H and O–H groups in total. The van der Waals surface area contributed by atoms with Crippen LogP contribution in [0.3, 0.4) is 0 Å². The maximum Gasteiger partial charge on any atom is 0.236 e. The fraction of sp³-hybridized carbons (Fsp3) is 0.909. The van der Waals surface area contributed by atoms with Crippen LogP contribution in [0.5, 0.6) is 0 Å². The van der Waals surface area contributed by atoms with E-state index in [1.807, 2.05) is 0 Å². The lowest BCUT2D eigenvalue weighted by Gasteiger charge is -2.32. The van der Waals surface area contributed by atoms with Crippen LogP contribution in [0.4, 0.5) is 0 Å². The van der Waals surface area contributed by atoms with Crippen molar-refractivity contribution in [2.45, 2.75) is 51.8 Å². The summed E-state index contributed by atoms with van der Waals surface area (Å²) >= 11 is 0. The van der Waals surface area contributed by atoms with E-state index in [1.165, 1.54) is 0 Å². The van der Waals surface area contributed by atoms with Crippen molar-refractivity contribution in [3.8, 4) is 0 Å². The van der Waals surface area contributed by atoms with Gasteiger partial charge >= 0.3 is 0 Å². The van der Waals surface area contributed by atoms with Gasteiger partial charge in [-0.25, -0.2) is 0 Å². The Balaban J connectivity index is 0.00000225. The van der Waals surface area contributed by atoms with Crippen LogP contribution in [-0.4, -0.2) is 30.7 Å². The fourth-order valence-corrected chi connectivity index (χ4v) is 1.76. The molecule has 0 aromatic carbocycles. The Labute approximate surface area is 104 Å². The highest BCUT2D eigenvalue weighted by Gasteiger charge is 2.26. The summed E-state index contributed by atoms with van der Waals surface area (Å²) in [7, 11) is 0. The van der Waals surface area contributed by atoms with Crippen molar-refractivity contribution in [3.63, 3.8) is 0 Å². The van der Waals surface area contributed by atoms with E-state index in [0.717, 1.165) is 19.4 Å². The van der Waals surface area contributed by atoms with Gasteiger partial charge in [-0.05, 0) is 25.7 Å². The molecular formula is C11H23ClN2O2. The summed E-state index contributed by atoms with van der Waals surface area (Å²) in [4.78, 5) is 11.4. The normalized spacial score (nSPS) is 27.1. The molecule has 5 heteroatoms. The Morgan fingerprint density at radius 1 is 1.44 bits per heavy atom. The SMILES string of the molecule is CC(N)C(=O)NC1CCOC(C(C)C)C1.Cl. The zero-order valence-electron chi connectivity index (χ0n) is 10.2. The highest BCUT2D eigenvalue weighted by molar-refractivity contribution is 5.85. The minimum absolute atomic E-state index is 0. The average Bonchev–Trinajstić information content (AvgIpc) is 2.18. The summed E-state index contributed by atoms with van der Waals surface area (Å²) in [5.74, 6) is 0.435. The van der Waals surface area contributed by atoms with Gasteiger partial charge in [-0.3, -0.25) is 4.79 Å². The quantitative estimate of drug-likeness (QED) is 0.788. The average molecular weight is 251 g/mol. The maximum atomic E-state index is 11.4. The first-order valence-electron chi connectivity index (χ1n) is 5.68. The van der Waals surface area contributed by atoms with E-state index in [-0.39, 0.29) is 30.5 Å². The van der Waals surface area contributed by atoms with Gasteiger partial charge in [0.05, 0.1) is 12.1 Å². The highest BCUT2D eigenvalue weighted by atomic mass is 35.5. The summed E-state index contributed by atoms with van der Waals surface area (Å²) in [6.07, 6.45) is 2.05. The topological polar surface area (TPSA) is 64.4 Å². The molecule has 16 heavy (non-hydrogen) atoms. The molecule has 1 aliphatic heterocycles. The van der Waals surface area contributed by atoms with Crippen molar-refractivity contribution in [3.05, 3.63) is 0 Å². The molecule has 0 saturated carbocycles. The van der Waals surface area contributed by atoms with Crippen molar-refractivity contribution < 1.29 is 9.53 Å². The van der Waals surface area contributed by atoms with Crippen LogP contribution in [-0.2, 0) is 9.53 Å². The van der Waals surface area contributed by atoms with E-state index in [1.54, 1.807) is 6.92 Å². The van der Waals surface area contributed by atoms with Gasteiger partial charge < -0.3 is 15.8 Å². The monoisotopic (exact) mass is 250 g/mol. The van der Waals surface area contributed by atoms with Crippen molar-refractivity contribution in [2.24, 2.45) is 11.7 Å². The lowest BCUT2D eigenvalue weighted by Crippen LogP contribution is -2.48. The molecule has 4 nitrogen and oxygen atoms in total. The van der Waals surface area contributed by atoms with E-state index in [0.29, 0.717) is 5.92 Å². The standard InChI is InChI=1S/C11H22N2O2.ClH/c1-7(2)10-6-9(4-5-15-10)13-11(14)8(3)12;/h7-10H,4-6,12H2,1-3H3,(H,13,14);1H. The zero-order chi connectivity index (χ0) is 11.4. The Hall–Kier alpha value is -0.320. The molecule has 0 aliphatic carbocycles. The summed E-state index contributed by atoms with van der Waals surface area (Å²) in [6, 6.07) is -0.199. The Morgan fingerprint density at radius 3 is 2.56 bits per heavy atom. The molecule has 0 aromatic rings. The van der Waals surface area contributed by atoms with Crippen LogP contribution in [0.25, 0.3) is 0 Å². The maximum absolute atomic E-state index is 11.4. The second-order valence-corrected chi connectivity index (χ2v) is 4.67. The van der Waals surface area contributed by atoms with Crippen LogP contribution in [0, 0.1) is 5.92 Å². The molecule has 1 aliphatic rings. The zero-order valence-corrected chi connectivity index (χ0v) is 11.0. The molecule has 0 bridgehead atoms. The van der Waals surface area contributed by atoms with E-state index in [2.05, 4.69) is 19.2 Å². The molecule has 0 radical (unpaired) electrons. The molecule has 1 fully saturated rings. The van der Waals surface area contributed by atoms with Gasteiger partial charge in [-0.15, -0.1) is 12.4 Å². The van der Waals surface area contributed by atoms with Gasteiger partial charge in [0.15, 0.2) is 0 Å². The molecular weight excluding hydrogens is 228 g/mol. The molecule has 96 valence electrons. The molecule has 1 rings (SSSR count). The summed E-state index contributed by atoms with van der Waals surface area (Å²) in [6.45, 7) is 6.71. The largest absolute Gasteiger partial charge is 0.378 e. The van der Waals surface area contributed by atoms with Gasteiger partial charge in [0.25, 0.3) is 0 Å². The molecule has 0 spiro atoms. The minimum atomic E-state index is -0.426. The number of carbonyl (C=O) groups excluding carboxylic acids is 1. The van der Waals surface area contributed by atoms with Gasteiger partial charge in [0.2, 0.25) is 5.91 Å². The number of hydrogen-bond acceptors (Lipinski definition) is 3. The number of nitrogens with one attached hydrogen (secondary N) is 1. The van der Waals surface area contributed by atoms with E-state index in [4.69, 9.17) is 10.5 Å². The van der Waals surface area contributed by atoms with Gasteiger partial charge in [-0.1, -0.05) is 13.8 Å². The third-order valence-corrected chi connectivity index (χ3v) is 2.82. The number of nitrogens with two attached hydrogens (primary N) is 1. The summed E-state index contributed by atoms with van der Waals surface area (Å²) in [5, 5.41) is 2.96. The second-order valence-electron chi connectivity index (χ2n) is 4.67. The molecule has 3 atom stereocenters. The van der Waals surface area contributed by atoms with E-state index >= 15 is 0 Å². The molecule has 1 amide bonds. The highest BCUT2D eigenvalue weighted by Crippen LogP contribution is 2.20. The number of halogens is 1. The van der Waals surface area contributed by atoms with Gasteiger partial charge in [0.1, 0.15) is 0 Å². The minimum Gasteiger partial charge on any atom is -0.378 e. The van der Waals surface area contributed by atoms with Crippen molar-refractivity contribution >= 4 is 18.3 Å². The number of rotatable bonds is 3. The predicted octanol–water partition coefficient (Wildman–Crippen LogP) is 1.08. The van der Waals surface area contributed by atoms with E-state index in [9.17, 15) is 4.79 Å². The fourth-order valence-electron chi connectivity index (χ4n) is 1.76. The third-order valence-electron chi connectivity index (χ3n) is 2.82. The number of carbonyl (C=O) groups is 1. The molecule has 0 aromatic heterocycles. The number of hydrogen-bond donors (Lipinski definition) is 2. The first kappa shape index (κ1) is 15.7. The van der Waals surface area contributed by atoms with Crippen molar-refractivity contribution in [1.29, 1.82) is 0 Å². The first-order valence-corrected chi connectivity index (χ1v) is 5.68. The third kappa shape index (κ3) is 4.68. The van der Waals surface area contributed by atoms with Crippen molar-refractivity contribution in [1.82, 2.24) is 5.32 Å². The molecule has 1 saturated heterocycles. The van der Waals surface area contributed by atoms with Crippen LogP contribution < -0.4 is 11.1 Å². The summed E-state index contributed by atoms with van der Waals surface area (Å²) < 4.78 is 5.63. The van der Waals surface area contributed by atoms with Crippen LogP contribution >= 0.6 is 12.4 Å². The second kappa shape index (κ2) is 7.09. The van der Waals surface area contributed by atoms with Crippen LogP contribution in [0.2, 0.25) is 0 Å². The van der Waals surface area contributed by atoms with Crippen LogP contribution in [0.1, 0.15) is 33.6 Å². The lowest BCUT2D eigenvalue weighted by atomic mass is 9.95. The van der Waals surface area contributed by atoms with E-state index < -0.39 is 6.04 Å². The molecule has 3 unspecified atom stereocenters. The Kier molecular flexibility index (Phi) is 6.95. The van der Waals surface area contributed by atoms with Crippen LogP contribution in [0.15, 0.2) is 0 Å². The Bertz CT molecular complexity index is 222. The first-order chi connectivity index (χ1) is 7.00. The number of ether oxygens (including phenoxy) is 1.